The Hall–Kier alpha value is -1.55. The summed E-state index contributed by atoms with van der Waals surface area (Å²) in [6.07, 6.45) is 3.03. The smallest absolute Gasteiger partial charge is 0.224 e. The summed E-state index contributed by atoms with van der Waals surface area (Å²) < 4.78 is 0. The first-order chi connectivity index (χ1) is 10.1. The van der Waals surface area contributed by atoms with Gasteiger partial charge in [-0.1, -0.05) is 6.92 Å². The van der Waals surface area contributed by atoms with Crippen molar-refractivity contribution < 1.29 is 4.79 Å². The van der Waals surface area contributed by atoms with Gasteiger partial charge >= 0.3 is 0 Å². The molecular formula is C17H27N3O. The zero-order valence-electron chi connectivity index (χ0n) is 13.4. The van der Waals surface area contributed by atoms with E-state index in [9.17, 15) is 4.79 Å². The Morgan fingerprint density at radius 3 is 2.38 bits per heavy atom. The van der Waals surface area contributed by atoms with E-state index in [4.69, 9.17) is 0 Å². The number of rotatable bonds is 5. The number of anilines is 2. The quantitative estimate of drug-likeness (QED) is 0.875. The van der Waals surface area contributed by atoms with E-state index in [2.05, 4.69) is 29.5 Å². The fourth-order valence-corrected chi connectivity index (χ4v) is 2.81. The molecule has 1 aliphatic heterocycles. The molecule has 1 unspecified atom stereocenters. The molecule has 2 N–H and O–H groups in total. The van der Waals surface area contributed by atoms with Crippen LogP contribution < -0.4 is 10.6 Å². The zero-order chi connectivity index (χ0) is 15.2. The topological polar surface area (TPSA) is 44.4 Å². The van der Waals surface area contributed by atoms with Crippen LogP contribution in [0.15, 0.2) is 24.3 Å². The number of hydrogen-bond acceptors (Lipinski definition) is 3. The van der Waals surface area contributed by atoms with Crippen LogP contribution in [0, 0.1) is 5.92 Å². The average Bonchev–Trinajstić information content (AvgIpc) is 2.49. The molecule has 1 aromatic rings. The van der Waals surface area contributed by atoms with Crippen LogP contribution in [-0.4, -0.2) is 37.0 Å². The summed E-state index contributed by atoms with van der Waals surface area (Å²) in [6.45, 7) is 6.51. The number of nitrogens with zero attached hydrogens (tertiary/aromatic N) is 1. The fraction of sp³-hybridized carbons (Fsp3) is 0.588. The highest BCUT2D eigenvalue weighted by atomic mass is 16.1. The Morgan fingerprint density at radius 2 is 1.81 bits per heavy atom. The second kappa shape index (κ2) is 7.46. The van der Waals surface area contributed by atoms with Crippen LogP contribution in [0.5, 0.6) is 0 Å². The molecule has 1 heterocycles. The molecule has 4 nitrogen and oxygen atoms in total. The highest BCUT2D eigenvalue weighted by Crippen LogP contribution is 2.23. The second-order valence-electron chi connectivity index (χ2n) is 6.05. The summed E-state index contributed by atoms with van der Waals surface area (Å²) in [6, 6.07) is 8.47. The number of nitrogens with one attached hydrogen (secondary N) is 2. The Balaban J connectivity index is 1.86. The van der Waals surface area contributed by atoms with Gasteiger partial charge in [-0.25, -0.2) is 0 Å². The molecule has 1 atom stereocenters. The third kappa shape index (κ3) is 4.74. The van der Waals surface area contributed by atoms with Crippen LogP contribution in [0.4, 0.5) is 11.4 Å². The Bertz CT molecular complexity index is 450. The van der Waals surface area contributed by atoms with Gasteiger partial charge in [0.25, 0.3) is 0 Å². The standard InChI is InChI=1S/C17H27N3O/c1-4-17(21)19-16-7-5-15(6-8-16)18-13(2)14-9-11-20(3)12-10-14/h5-8,13-14,18H,4,9-12H2,1-3H3,(H,19,21). The summed E-state index contributed by atoms with van der Waals surface area (Å²) in [5, 5.41) is 6.46. The predicted octanol–water partition coefficient (Wildman–Crippen LogP) is 3.18. The monoisotopic (exact) mass is 289 g/mol. The minimum Gasteiger partial charge on any atom is -0.382 e. The Labute approximate surface area is 127 Å². The fourth-order valence-electron chi connectivity index (χ4n) is 2.81. The lowest BCUT2D eigenvalue weighted by atomic mass is 9.90. The zero-order valence-corrected chi connectivity index (χ0v) is 13.4. The Kier molecular flexibility index (Phi) is 5.62. The van der Waals surface area contributed by atoms with Gasteiger partial charge in [0.15, 0.2) is 0 Å². The molecule has 0 spiro atoms. The lowest BCUT2D eigenvalue weighted by Crippen LogP contribution is -2.37. The lowest BCUT2D eigenvalue weighted by Gasteiger charge is -2.33. The molecule has 0 saturated carbocycles. The van der Waals surface area contributed by atoms with E-state index in [-0.39, 0.29) is 5.91 Å². The van der Waals surface area contributed by atoms with E-state index in [1.54, 1.807) is 0 Å². The van der Waals surface area contributed by atoms with Crippen molar-refractivity contribution in [1.29, 1.82) is 0 Å². The van der Waals surface area contributed by atoms with Crippen molar-refractivity contribution in [2.45, 2.75) is 39.2 Å². The van der Waals surface area contributed by atoms with Gasteiger partial charge < -0.3 is 15.5 Å². The molecule has 1 saturated heterocycles. The molecule has 2 rings (SSSR count). The summed E-state index contributed by atoms with van der Waals surface area (Å²) in [5.74, 6) is 0.788. The van der Waals surface area contributed by atoms with Gasteiger partial charge in [-0.15, -0.1) is 0 Å². The van der Waals surface area contributed by atoms with Crippen molar-refractivity contribution >= 4 is 17.3 Å². The van der Waals surface area contributed by atoms with Crippen LogP contribution in [0.25, 0.3) is 0 Å². The van der Waals surface area contributed by atoms with Gasteiger partial charge in [0.1, 0.15) is 0 Å². The van der Waals surface area contributed by atoms with E-state index in [0.717, 1.165) is 17.3 Å². The first kappa shape index (κ1) is 15.8. The maximum Gasteiger partial charge on any atom is 0.224 e. The maximum atomic E-state index is 11.3. The average molecular weight is 289 g/mol. The van der Waals surface area contributed by atoms with Crippen molar-refractivity contribution in [3.8, 4) is 0 Å². The molecule has 116 valence electrons. The third-order valence-corrected chi connectivity index (χ3v) is 4.35. The summed E-state index contributed by atoms with van der Waals surface area (Å²) >= 11 is 0. The lowest BCUT2D eigenvalue weighted by molar-refractivity contribution is -0.115. The number of carbonyl (C=O) groups excluding carboxylic acids is 1. The number of piperidine rings is 1. The Morgan fingerprint density at radius 1 is 1.24 bits per heavy atom. The van der Waals surface area contributed by atoms with E-state index in [0.29, 0.717) is 12.5 Å². The third-order valence-electron chi connectivity index (χ3n) is 4.35. The first-order valence-electron chi connectivity index (χ1n) is 7.93. The van der Waals surface area contributed by atoms with Crippen LogP contribution in [0.2, 0.25) is 0 Å². The predicted molar refractivity (Wildman–Crippen MR) is 88.7 cm³/mol. The molecule has 0 aromatic heterocycles. The van der Waals surface area contributed by atoms with E-state index in [1.807, 2.05) is 31.2 Å². The molecule has 0 aliphatic carbocycles. The molecule has 1 aromatic carbocycles. The van der Waals surface area contributed by atoms with Crippen molar-refractivity contribution in [2.75, 3.05) is 30.8 Å². The molecule has 1 amide bonds. The number of amides is 1. The first-order valence-corrected chi connectivity index (χ1v) is 7.93. The van der Waals surface area contributed by atoms with Crippen LogP contribution in [-0.2, 0) is 4.79 Å². The summed E-state index contributed by atoms with van der Waals surface area (Å²) in [7, 11) is 2.19. The normalized spacial score (nSPS) is 18.2. The molecular weight excluding hydrogens is 262 g/mol. The van der Waals surface area contributed by atoms with Crippen molar-refractivity contribution in [2.24, 2.45) is 5.92 Å². The summed E-state index contributed by atoms with van der Waals surface area (Å²) in [4.78, 5) is 13.7. The van der Waals surface area contributed by atoms with Gasteiger partial charge in [-0.3, -0.25) is 4.79 Å². The van der Waals surface area contributed by atoms with Crippen molar-refractivity contribution in [1.82, 2.24) is 4.90 Å². The molecule has 1 fully saturated rings. The second-order valence-corrected chi connectivity index (χ2v) is 6.05. The number of hydrogen-bond donors (Lipinski definition) is 2. The van der Waals surface area contributed by atoms with Gasteiger partial charge in [-0.05, 0) is 70.1 Å². The van der Waals surface area contributed by atoms with Gasteiger partial charge in [0, 0.05) is 23.8 Å². The highest BCUT2D eigenvalue weighted by molar-refractivity contribution is 5.90. The molecule has 4 heteroatoms. The number of benzene rings is 1. The van der Waals surface area contributed by atoms with Gasteiger partial charge in [0.2, 0.25) is 5.91 Å². The minimum atomic E-state index is 0.0513. The van der Waals surface area contributed by atoms with E-state index in [1.165, 1.54) is 25.9 Å². The van der Waals surface area contributed by atoms with E-state index >= 15 is 0 Å². The number of likely N-dealkylation sites (tertiary alicyclic amines) is 1. The molecule has 0 radical (unpaired) electrons. The number of carbonyl (C=O) groups is 1. The molecule has 21 heavy (non-hydrogen) atoms. The van der Waals surface area contributed by atoms with Crippen molar-refractivity contribution in [3.63, 3.8) is 0 Å². The van der Waals surface area contributed by atoms with Crippen LogP contribution in [0.3, 0.4) is 0 Å². The van der Waals surface area contributed by atoms with E-state index < -0.39 is 0 Å². The summed E-state index contributed by atoms with van der Waals surface area (Å²) in [5.41, 5.74) is 1.98. The highest BCUT2D eigenvalue weighted by Gasteiger charge is 2.21. The molecule has 0 bridgehead atoms. The van der Waals surface area contributed by atoms with Gasteiger partial charge in [0.05, 0.1) is 0 Å². The van der Waals surface area contributed by atoms with Gasteiger partial charge in [-0.2, -0.15) is 0 Å². The minimum absolute atomic E-state index is 0.0513. The van der Waals surface area contributed by atoms with Crippen LogP contribution >= 0.6 is 0 Å². The van der Waals surface area contributed by atoms with Crippen molar-refractivity contribution in [3.05, 3.63) is 24.3 Å². The molecule has 1 aliphatic rings. The largest absolute Gasteiger partial charge is 0.382 e. The van der Waals surface area contributed by atoms with Crippen LogP contribution in [0.1, 0.15) is 33.1 Å². The maximum absolute atomic E-state index is 11.3. The SMILES string of the molecule is CCC(=O)Nc1ccc(NC(C)C2CCN(C)CC2)cc1.